The molecule has 3 aromatic rings. The largest absolute Gasteiger partial charge is 0.481 e. The maximum atomic E-state index is 14.6. The minimum Gasteiger partial charge on any atom is -0.481 e. The molecule has 2 unspecified atom stereocenters. The molecule has 2 heterocycles. The SMILES string of the molecule is CC(C)c1c(/C=C/C(O)CC(O)CC(=O)O)c(-c2ccc(F)cc2F)nn2cccc12. The molecular weight excluding hydrogens is 406 g/mol. The number of aliphatic carboxylic acids is 1. The Morgan fingerprint density at radius 3 is 2.61 bits per heavy atom. The van der Waals surface area contributed by atoms with Crippen molar-refractivity contribution >= 4 is 17.6 Å². The van der Waals surface area contributed by atoms with E-state index in [0.717, 1.165) is 23.2 Å². The first-order valence-corrected chi connectivity index (χ1v) is 9.90. The molecule has 0 spiro atoms. The van der Waals surface area contributed by atoms with E-state index >= 15 is 0 Å². The van der Waals surface area contributed by atoms with Crippen molar-refractivity contribution in [3.8, 4) is 11.3 Å². The van der Waals surface area contributed by atoms with Gasteiger partial charge in [0.2, 0.25) is 0 Å². The number of benzene rings is 1. The van der Waals surface area contributed by atoms with Gasteiger partial charge in [0.05, 0.1) is 24.1 Å². The number of nitrogens with zero attached hydrogens (tertiary/aromatic N) is 2. The maximum absolute atomic E-state index is 14.6. The lowest BCUT2D eigenvalue weighted by Crippen LogP contribution is -2.19. The van der Waals surface area contributed by atoms with Gasteiger partial charge in [-0.3, -0.25) is 4.79 Å². The van der Waals surface area contributed by atoms with E-state index in [1.807, 2.05) is 26.0 Å². The molecule has 164 valence electrons. The minimum absolute atomic E-state index is 0.0112. The fourth-order valence-corrected chi connectivity index (χ4v) is 3.61. The Balaban J connectivity index is 2.11. The van der Waals surface area contributed by atoms with Crippen LogP contribution in [0.25, 0.3) is 22.9 Å². The second-order valence-electron chi connectivity index (χ2n) is 7.71. The van der Waals surface area contributed by atoms with E-state index in [1.54, 1.807) is 16.8 Å². The van der Waals surface area contributed by atoms with Crippen LogP contribution in [0.4, 0.5) is 8.78 Å². The maximum Gasteiger partial charge on any atom is 0.305 e. The molecule has 2 aromatic heterocycles. The van der Waals surface area contributed by atoms with E-state index in [1.165, 1.54) is 12.1 Å². The Morgan fingerprint density at radius 2 is 1.97 bits per heavy atom. The molecule has 0 fully saturated rings. The molecule has 8 heteroatoms. The predicted molar refractivity (Wildman–Crippen MR) is 113 cm³/mol. The number of halogens is 2. The first kappa shape index (κ1) is 22.6. The fourth-order valence-electron chi connectivity index (χ4n) is 3.61. The van der Waals surface area contributed by atoms with Crippen LogP contribution in [0.2, 0.25) is 0 Å². The molecule has 3 N–H and O–H groups in total. The summed E-state index contributed by atoms with van der Waals surface area (Å²) in [6, 6.07) is 6.94. The second kappa shape index (κ2) is 9.36. The van der Waals surface area contributed by atoms with Crippen LogP contribution in [0.3, 0.4) is 0 Å². The van der Waals surface area contributed by atoms with E-state index in [4.69, 9.17) is 5.11 Å². The third-order valence-electron chi connectivity index (χ3n) is 4.93. The molecule has 6 nitrogen and oxygen atoms in total. The number of hydrogen-bond acceptors (Lipinski definition) is 4. The van der Waals surface area contributed by atoms with Crippen molar-refractivity contribution in [2.75, 3.05) is 0 Å². The second-order valence-corrected chi connectivity index (χ2v) is 7.71. The number of fused-ring (bicyclic) bond motifs is 1. The summed E-state index contributed by atoms with van der Waals surface area (Å²) >= 11 is 0. The Hall–Kier alpha value is -3.10. The van der Waals surface area contributed by atoms with Gasteiger partial charge in [-0.05, 0) is 35.7 Å². The highest BCUT2D eigenvalue weighted by Crippen LogP contribution is 2.34. The highest BCUT2D eigenvalue weighted by molar-refractivity contribution is 5.79. The summed E-state index contributed by atoms with van der Waals surface area (Å²) in [5.41, 5.74) is 2.60. The molecule has 0 aliphatic carbocycles. The Kier molecular flexibility index (Phi) is 6.82. The number of aliphatic hydroxyl groups is 2. The predicted octanol–water partition coefficient (Wildman–Crippen LogP) is 4.00. The molecule has 0 bridgehead atoms. The molecule has 2 atom stereocenters. The van der Waals surface area contributed by atoms with Gasteiger partial charge in [0.15, 0.2) is 0 Å². The van der Waals surface area contributed by atoms with E-state index < -0.39 is 36.2 Å². The van der Waals surface area contributed by atoms with Crippen molar-refractivity contribution in [1.82, 2.24) is 9.61 Å². The summed E-state index contributed by atoms with van der Waals surface area (Å²) in [6.45, 7) is 3.94. The van der Waals surface area contributed by atoms with Crippen LogP contribution in [0.5, 0.6) is 0 Å². The van der Waals surface area contributed by atoms with Crippen LogP contribution in [-0.2, 0) is 4.79 Å². The lowest BCUT2D eigenvalue weighted by Gasteiger charge is -2.18. The van der Waals surface area contributed by atoms with E-state index in [2.05, 4.69) is 5.10 Å². The zero-order chi connectivity index (χ0) is 22.7. The van der Waals surface area contributed by atoms with E-state index in [-0.39, 0.29) is 23.6 Å². The number of rotatable bonds is 8. The van der Waals surface area contributed by atoms with E-state index in [9.17, 15) is 23.8 Å². The van der Waals surface area contributed by atoms with Crippen LogP contribution in [0, 0.1) is 11.6 Å². The number of hydrogen-bond donors (Lipinski definition) is 3. The third-order valence-corrected chi connectivity index (χ3v) is 4.93. The summed E-state index contributed by atoms with van der Waals surface area (Å²) in [5.74, 6) is -2.62. The highest BCUT2D eigenvalue weighted by atomic mass is 19.1. The standard InChI is InChI=1S/C23H24F2N2O4/c1-13(2)22-18(8-6-15(28)11-16(29)12-21(30)31)23(26-27-9-3-4-20(22)27)17-7-5-14(24)10-19(17)25/h3-10,13,15-16,28-29H,11-12H2,1-2H3,(H,30,31)/b8-6+. The van der Waals surface area contributed by atoms with Gasteiger partial charge in [0, 0.05) is 29.8 Å². The number of carboxylic acids is 1. The zero-order valence-corrected chi connectivity index (χ0v) is 17.2. The van der Waals surface area contributed by atoms with Crippen LogP contribution in [-0.4, -0.2) is 43.1 Å². The van der Waals surface area contributed by atoms with Gasteiger partial charge >= 0.3 is 5.97 Å². The molecule has 3 rings (SSSR count). The minimum atomic E-state index is -1.21. The fraction of sp³-hybridized carbons (Fsp3) is 0.304. The normalized spacial score (nSPS) is 13.9. The van der Waals surface area contributed by atoms with Crippen molar-refractivity contribution < 1.29 is 28.9 Å². The molecular formula is C23H24F2N2O4. The summed E-state index contributed by atoms with van der Waals surface area (Å²) in [7, 11) is 0. The topological polar surface area (TPSA) is 95.1 Å². The van der Waals surface area contributed by atoms with Crippen molar-refractivity contribution in [3.05, 3.63) is 65.4 Å². The smallest absolute Gasteiger partial charge is 0.305 e. The Morgan fingerprint density at radius 1 is 1.23 bits per heavy atom. The lowest BCUT2D eigenvalue weighted by molar-refractivity contribution is -0.139. The van der Waals surface area contributed by atoms with Crippen molar-refractivity contribution in [1.29, 1.82) is 0 Å². The van der Waals surface area contributed by atoms with Gasteiger partial charge in [0.1, 0.15) is 17.3 Å². The third kappa shape index (κ3) is 5.15. The van der Waals surface area contributed by atoms with Gasteiger partial charge in [0.25, 0.3) is 0 Å². The van der Waals surface area contributed by atoms with Gasteiger partial charge in [-0.1, -0.05) is 26.0 Å². The van der Waals surface area contributed by atoms with Gasteiger partial charge in [-0.15, -0.1) is 0 Å². The average molecular weight is 430 g/mol. The molecule has 0 amide bonds. The molecule has 0 radical (unpaired) electrons. The van der Waals surface area contributed by atoms with Crippen molar-refractivity contribution in [3.63, 3.8) is 0 Å². The van der Waals surface area contributed by atoms with Crippen LogP contribution < -0.4 is 0 Å². The molecule has 0 aliphatic rings. The number of carbonyl (C=O) groups is 1. The monoisotopic (exact) mass is 430 g/mol. The lowest BCUT2D eigenvalue weighted by atomic mass is 9.92. The number of carboxylic acid groups (broad SMARTS) is 1. The summed E-state index contributed by atoms with van der Waals surface area (Å²) in [4.78, 5) is 10.7. The Bertz CT molecular complexity index is 1120. The molecule has 0 saturated carbocycles. The molecule has 31 heavy (non-hydrogen) atoms. The Labute approximate surface area is 178 Å². The zero-order valence-electron chi connectivity index (χ0n) is 17.2. The highest BCUT2D eigenvalue weighted by Gasteiger charge is 2.20. The molecule has 0 aliphatic heterocycles. The van der Waals surface area contributed by atoms with Gasteiger partial charge in [-0.25, -0.2) is 13.3 Å². The average Bonchev–Trinajstić information content (AvgIpc) is 3.12. The van der Waals surface area contributed by atoms with Crippen LogP contribution in [0.1, 0.15) is 43.7 Å². The summed E-state index contributed by atoms with van der Waals surface area (Å²) in [6.07, 6.45) is 1.76. The summed E-state index contributed by atoms with van der Waals surface area (Å²) < 4.78 is 29.7. The van der Waals surface area contributed by atoms with Gasteiger partial charge < -0.3 is 15.3 Å². The first-order chi connectivity index (χ1) is 14.7. The molecule has 1 aromatic carbocycles. The quantitative estimate of drug-likeness (QED) is 0.502. The van der Waals surface area contributed by atoms with E-state index in [0.29, 0.717) is 5.56 Å². The first-order valence-electron chi connectivity index (χ1n) is 9.90. The van der Waals surface area contributed by atoms with Crippen molar-refractivity contribution in [2.45, 2.75) is 44.8 Å². The number of aromatic nitrogens is 2. The van der Waals surface area contributed by atoms with Crippen LogP contribution in [0.15, 0.2) is 42.6 Å². The summed E-state index contributed by atoms with van der Waals surface area (Å²) in [5, 5.41) is 33.3. The number of aliphatic hydroxyl groups excluding tert-OH is 2. The van der Waals surface area contributed by atoms with Crippen molar-refractivity contribution in [2.24, 2.45) is 0 Å². The molecule has 0 saturated heterocycles. The van der Waals surface area contributed by atoms with Gasteiger partial charge in [-0.2, -0.15) is 5.10 Å². The van der Waals surface area contributed by atoms with Crippen LogP contribution >= 0.6 is 0 Å².